The van der Waals surface area contributed by atoms with Gasteiger partial charge in [-0.1, -0.05) is 52.8 Å². The van der Waals surface area contributed by atoms with Gasteiger partial charge in [-0.3, -0.25) is 4.79 Å². The van der Waals surface area contributed by atoms with Gasteiger partial charge in [0.1, 0.15) is 13.7 Å². The summed E-state index contributed by atoms with van der Waals surface area (Å²) in [4.78, 5) is 21.8. The third kappa shape index (κ3) is 4.79. The fourth-order valence-electron chi connectivity index (χ4n) is 2.61. The van der Waals surface area contributed by atoms with Gasteiger partial charge in [-0.05, 0) is 38.8 Å². The molecule has 0 aliphatic heterocycles. The standard InChI is InChI=1S/C21H24N2O3/c1-14-7-6-8-20(16(3)22-25-5)21(14)13-26-23-15(2)18-9-11-19(12-10-18)17(4)24/h6-12H,13H2,1-5H3/b22-16-,23-15+. The zero-order valence-electron chi connectivity index (χ0n) is 15.9. The summed E-state index contributed by atoms with van der Waals surface area (Å²) in [6, 6.07) is 13.3. The van der Waals surface area contributed by atoms with Crippen molar-refractivity contribution in [3.05, 3.63) is 70.3 Å². The summed E-state index contributed by atoms with van der Waals surface area (Å²) in [7, 11) is 1.53. The van der Waals surface area contributed by atoms with Crippen molar-refractivity contribution in [3.8, 4) is 0 Å². The molecule has 5 nitrogen and oxygen atoms in total. The lowest BCUT2D eigenvalue weighted by molar-refractivity contribution is 0.101. The average molecular weight is 352 g/mol. The molecule has 0 aromatic heterocycles. The van der Waals surface area contributed by atoms with Gasteiger partial charge in [0.25, 0.3) is 0 Å². The van der Waals surface area contributed by atoms with Crippen LogP contribution in [0.15, 0.2) is 52.8 Å². The SMILES string of the molecule is CO/N=C(/C)c1cccc(C)c1CO/N=C(\C)c1ccc(C(C)=O)cc1. The Morgan fingerprint density at radius 1 is 0.923 bits per heavy atom. The van der Waals surface area contributed by atoms with Crippen LogP contribution in [0.5, 0.6) is 0 Å². The van der Waals surface area contributed by atoms with Gasteiger partial charge in [0, 0.05) is 16.7 Å². The van der Waals surface area contributed by atoms with Crippen molar-refractivity contribution < 1.29 is 14.5 Å². The highest BCUT2D eigenvalue weighted by Crippen LogP contribution is 2.17. The van der Waals surface area contributed by atoms with E-state index in [4.69, 9.17) is 9.68 Å². The van der Waals surface area contributed by atoms with E-state index in [0.717, 1.165) is 33.7 Å². The second-order valence-electron chi connectivity index (χ2n) is 6.04. The predicted molar refractivity (Wildman–Crippen MR) is 104 cm³/mol. The van der Waals surface area contributed by atoms with Crippen LogP contribution in [0, 0.1) is 6.92 Å². The number of carbonyl (C=O) groups is 1. The van der Waals surface area contributed by atoms with Gasteiger partial charge >= 0.3 is 0 Å². The van der Waals surface area contributed by atoms with Gasteiger partial charge in [0.2, 0.25) is 0 Å². The molecule has 0 radical (unpaired) electrons. The summed E-state index contributed by atoms with van der Waals surface area (Å²) >= 11 is 0. The number of hydrogen-bond acceptors (Lipinski definition) is 5. The lowest BCUT2D eigenvalue weighted by Gasteiger charge is -2.11. The predicted octanol–water partition coefficient (Wildman–Crippen LogP) is 4.51. The second-order valence-corrected chi connectivity index (χ2v) is 6.04. The highest BCUT2D eigenvalue weighted by atomic mass is 16.6. The van der Waals surface area contributed by atoms with Crippen LogP contribution in [0.25, 0.3) is 0 Å². The molecule has 0 aliphatic carbocycles. The van der Waals surface area contributed by atoms with E-state index in [-0.39, 0.29) is 5.78 Å². The number of hydrogen-bond donors (Lipinski definition) is 0. The van der Waals surface area contributed by atoms with Gasteiger partial charge in [0.05, 0.1) is 11.4 Å². The van der Waals surface area contributed by atoms with Crippen LogP contribution < -0.4 is 0 Å². The molecule has 0 bridgehead atoms. The fraction of sp³-hybridized carbons (Fsp3) is 0.286. The van der Waals surface area contributed by atoms with Crippen molar-refractivity contribution in [2.45, 2.75) is 34.3 Å². The molecular formula is C21H24N2O3. The highest BCUT2D eigenvalue weighted by Gasteiger charge is 2.10. The van der Waals surface area contributed by atoms with Crippen LogP contribution in [-0.4, -0.2) is 24.3 Å². The fourth-order valence-corrected chi connectivity index (χ4v) is 2.61. The molecule has 0 spiro atoms. The summed E-state index contributed by atoms with van der Waals surface area (Å²) in [5.74, 6) is 0.0440. The van der Waals surface area contributed by atoms with Crippen LogP contribution in [0.1, 0.15) is 53.4 Å². The van der Waals surface area contributed by atoms with E-state index in [9.17, 15) is 4.79 Å². The molecule has 2 rings (SSSR count). The largest absolute Gasteiger partial charge is 0.399 e. The zero-order chi connectivity index (χ0) is 19.1. The Morgan fingerprint density at radius 3 is 2.19 bits per heavy atom. The maximum Gasteiger partial charge on any atom is 0.159 e. The van der Waals surface area contributed by atoms with Crippen molar-refractivity contribution in [1.82, 2.24) is 0 Å². The minimum absolute atomic E-state index is 0.0440. The number of Topliss-reactive ketones (excluding diaryl/α,β-unsaturated/α-hetero) is 1. The van der Waals surface area contributed by atoms with Gasteiger partial charge in [-0.15, -0.1) is 0 Å². The third-order valence-corrected chi connectivity index (χ3v) is 4.15. The molecule has 0 N–H and O–H groups in total. The van der Waals surface area contributed by atoms with Crippen LogP contribution in [0.2, 0.25) is 0 Å². The third-order valence-electron chi connectivity index (χ3n) is 4.15. The Labute approximate surface area is 154 Å². The molecule has 0 amide bonds. The van der Waals surface area contributed by atoms with Crippen molar-refractivity contribution in [2.24, 2.45) is 10.3 Å². The highest BCUT2D eigenvalue weighted by molar-refractivity contribution is 6.00. The molecule has 0 unspecified atom stereocenters. The van der Waals surface area contributed by atoms with E-state index < -0.39 is 0 Å². The molecular weight excluding hydrogens is 328 g/mol. The van der Waals surface area contributed by atoms with E-state index in [1.807, 2.05) is 51.1 Å². The van der Waals surface area contributed by atoms with Gasteiger partial charge in [-0.2, -0.15) is 0 Å². The molecule has 136 valence electrons. The molecule has 26 heavy (non-hydrogen) atoms. The van der Waals surface area contributed by atoms with Crippen LogP contribution in [-0.2, 0) is 16.3 Å². The Kier molecular flexibility index (Phi) is 6.67. The number of benzene rings is 2. The number of rotatable bonds is 7. The number of carbonyl (C=O) groups excluding carboxylic acids is 1. The van der Waals surface area contributed by atoms with Crippen molar-refractivity contribution in [1.29, 1.82) is 0 Å². The maximum absolute atomic E-state index is 11.3. The first-order chi connectivity index (χ1) is 12.4. The normalized spacial score (nSPS) is 12.0. The first-order valence-electron chi connectivity index (χ1n) is 8.38. The molecule has 0 atom stereocenters. The summed E-state index contributed by atoms with van der Waals surface area (Å²) in [6.45, 7) is 7.68. The zero-order valence-corrected chi connectivity index (χ0v) is 15.9. The molecule has 0 aliphatic rings. The molecule has 0 heterocycles. The van der Waals surface area contributed by atoms with Gasteiger partial charge in [0.15, 0.2) is 5.78 Å². The Morgan fingerprint density at radius 2 is 1.58 bits per heavy atom. The van der Waals surface area contributed by atoms with E-state index in [0.29, 0.717) is 12.2 Å². The number of aryl methyl sites for hydroxylation is 1. The van der Waals surface area contributed by atoms with E-state index in [2.05, 4.69) is 10.3 Å². The number of ketones is 1. The minimum atomic E-state index is 0.0440. The molecule has 5 heteroatoms. The molecule has 0 saturated carbocycles. The summed E-state index contributed by atoms with van der Waals surface area (Å²) < 4.78 is 0. The first-order valence-corrected chi connectivity index (χ1v) is 8.38. The smallest absolute Gasteiger partial charge is 0.159 e. The van der Waals surface area contributed by atoms with E-state index in [1.54, 1.807) is 19.1 Å². The monoisotopic (exact) mass is 352 g/mol. The Bertz CT molecular complexity index is 837. The van der Waals surface area contributed by atoms with Gasteiger partial charge in [-0.25, -0.2) is 0 Å². The minimum Gasteiger partial charge on any atom is -0.399 e. The Balaban J connectivity index is 2.15. The van der Waals surface area contributed by atoms with Crippen molar-refractivity contribution in [2.75, 3.05) is 7.11 Å². The first kappa shape index (κ1) is 19.4. The maximum atomic E-state index is 11.3. The second kappa shape index (κ2) is 8.94. The van der Waals surface area contributed by atoms with E-state index >= 15 is 0 Å². The molecule has 2 aromatic rings. The molecule has 2 aromatic carbocycles. The number of nitrogens with zero attached hydrogens (tertiary/aromatic N) is 2. The summed E-state index contributed by atoms with van der Waals surface area (Å²) in [5, 5.41) is 8.22. The summed E-state index contributed by atoms with van der Waals surface area (Å²) in [5.41, 5.74) is 6.23. The van der Waals surface area contributed by atoms with Crippen LogP contribution >= 0.6 is 0 Å². The summed E-state index contributed by atoms with van der Waals surface area (Å²) in [6.07, 6.45) is 0. The van der Waals surface area contributed by atoms with Crippen LogP contribution in [0.3, 0.4) is 0 Å². The lowest BCUT2D eigenvalue weighted by Crippen LogP contribution is -2.05. The number of oxime groups is 2. The van der Waals surface area contributed by atoms with E-state index in [1.165, 1.54) is 7.11 Å². The van der Waals surface area contributed by atoms with Gasteiger partial charge < -0.3 is 9.68 Å². The van der Waals surface area contributed by atoms with Crippen molar-refractivity contribution in [3.63, 3.8) is 0 Å². The quantitative estimate of drug-likeness (QED) is 0.418. The van der Waals surface area contributed by atoms with Crippen LogP contribution in [0.4, 0.5) is 0 Å². The Hall–Kier alpha value is -2.95. The topological polar surface area (TPSA) is 60.2 Å². The average Bonchev–Trinajstić information content (AvgIpc) is 2.63. The lowest BCUT2D eigenvalue weighted by atomic mass is 10.00. The molecule has 0 saturated heterocycles. The van der Waals surface area contributed by atoms with Crippen molar-refractivity contribution >= 4 is 17.2 Å². The molecule has 0 fully saturated rings.